The third-order valence-corrected chi connectivity index (χ3v) is 5.62. The maximum atomic E-state index is 13.1. The molecule has 5 heterocycles. The van der Waals surface area contributed by atoms with Gasteiger partial charge in [0.2, 0.25) is 5.91 Å². The molecule has 9 heteroatoms. The highest BCUT2D eigenvalue weighted by Crippen LogP contribution is 2.38. The molecule has 146 valence electrons. The van der Waals surface area contributed by atoms with Crippen molar-refractivity contribution in [3.63, 3.8) is 0 Å². The lowest BCUT2D eigenvalue weighted by Gasteiger charge is -2.42. The lowest BCUT2D eigenvalue weighted by molar-refractivity contribution is -0.127. The van der Waals surface area contributed by atoms with Crippen molar-refractivity contribution in [3.05, 3.63) is 64.5 Å². The number of piperidine rings is 1. The summed E-state index contributed by atoms with van der Waals surface area (Å²) >= 11 is 0. The summed E-state index contributed by atoms with van der Waals surface area (Å²) in [4.78, 5) is 25.6. The summed E-state index contributed by atoms with van der Waals surface area (Å²) in [6, 6.07) is 10.4. The first-order valence-corrected chi connectivity index (χ1v) is 9.21. The number of hydrogen-bond donors (Lipinski definition) is 2. The van der Waals surface area contributed by atoms with E-state index in [1.165, 1.54) is 6.07 Å². The Morgan fingerprint density at radius 3 is 2.96 bits per heavy atom. The van der Waals surface area contributed by atoms with Crippen LogP contribution < -0.4 is 16.2 Å². The molecule has 1 fully saturated rings. The molecule has 1 saturated heterocycles. The number of aromatic nitrogens is 4. The predicted molar refractivity (Wildman–Crippen MR) is 106 cm³/mol. The fourth-order valence-corrected chi connectivity index (χ4v) is 4.41. The van der Waals surface area contributed by atoms with E-state index in [1.807, 2.05) is 34.9 Å². The van der Waals surface area contributed by atoms with Crippen LogP contribution in [-0.2, 0) is 11.3 Å². The number of halogens is 1. The molecule has 2 N–H and O–H groups in total. The Kier molecular flexibility index (Phi) is 4.91. The first-order chi connectivity index (χ1) is 13.2. The Balaban J connectivity index is 0.00000192. The summed E-state index contributed by atoms with van der Waals surface area (Å²) in [5.74, 6) is 0.896. The second-order valence-corrected chi connectivity index (χ2v) is 7.22. The van der Waals surface area contributed by atoms with E-state index in [-0.39, 0.29) is 42.3 Å². The third kappa shape index (κ3) is 2.98. The van der Waals surface area contributed by atoms with Gasteiger partial charge in [0, 0.05) is 42.9 Å². The van der Waals surface area contributed by atoms with Crippen LogP contribution in [0.1, 0.15) is 29.9 Å². The van der Waals surface area contributed by atoms with Gasteiger partial charge in [-0.25, -0.2) is 0 Å². The van der Waals surface area contributed by atoms with E-state index in [4.69, 9.17) is 0 Å². The van der Waals surface area contributed by atoms with Crippen molar-refractivity contribution in [1.29, 1.82) is 0 Å². The van der Waals surface area contributed by atoms with Crippen molar-refractivity contribution >= 4 is 24.0 Å². The Bertz CT molecular complexity index is 1080. The van der Waals surface area contributed by atoms with E-state index in [0.717, 1.165) is 30.9 Å². The second-order valence-electron chi connectivity index (χ2n) is 7.22. The van der Waals surface area contributed by atoms with Gasteiger partial charge in [0.1, 0.15) is 6.04 Å². The summed E-state index contributed by atoms with van der Waals surface area (Å²) in [5, 5.41) is 14.6. The van der Waals surface area contributed by atoms with Crippen molar-refractivity contribution in [2.75, 3.05) is 13.1 Å². The molecule has 1 amide bonds. The van der Waals surface area contributed by atoms with Crippen LogP contribution in [0.3, 0.4) is 0 Å². The van der Waals surface area contributed by atoms with Crippen LogP contribution in [0.2, 0.25) is 0 Å². The Morgan fingerprint density at radius 1 is 1.18 bits per heavy atom. The zero-order valence-corrected chi connectivity index (χ0v) is 15.9. The van der Waals surface area contributed by atoms with E-state index in [2.05, 4.69) is 20.8 Å². The summed E-state index contributed by atoms with van der Waals surface area (Å²) in [7, 11) is 0. The molecule has 0 radical (unpaired) electrons. The van der Waals surface area contributed by atoms with Gasteiger partial charge in [-0.2, -0.15) is 0 Å². The van der Waals surface area contributed by atoms with Crippen LogP contribution in [-0.4, -0.2) is 38.2 Å². The molecule has 8 nitrogen and oxygen atoms in total. The van der Waals surface area contributed by atoms with Crippen LogP contribution in [0.15, 0.2) is 47.4 Å². The molecule has 28 heavy (non-hydrogen) atoms. The predicted octanol–water partition coefficient (Wildman–Crippen LogP) is 0.877. The van der Waals surface area contributed by atoms with Crippen LogP contribution >= 0.6 is 12.4 Å². The Labute approximate surface area is 167 Å². The number of carbonyl (C=O) groups excluding carboxylic acids is 1. The lowest BCUT2D eigenvalue weighted by atomic mass is 9.79. The molecule has 3 aromatic heterocycles. The van der Waals surface area contributed by atoms with Crippen molar-refractivity contribution in [3.8, 4) is 0 Å². The monoisotopic (exact) mass is 400 g/mol. The van der Waals surface area contributed by atoms with E-state index in [0.29, 0.717) is 5.82 Å². The van der Waals surface area contributed by atoms with Gasteiger partial charge in [-0.05, 0) is 24.6 Å². The number of carbonyl (C=O) groups is 1. The molecule has 5 rings (SSSR count). The standard InChI is InChI=1S/C19H20N6O2.ClH/c26-17-6-3-4-14-12-8-13(10-20-9-12)18(25(14)17)19(27)21-11-16-23-22-15-5-1-2-7-24(15)16;/h1-7,12-13,18,20H,8-11H2,(H,21,27);1H/t12-,13+,18-;/m1./s1. The number of rotatable bonds is 3. The van der Waals surface area contributed by atoms with Crippen molar-refractivity contribution < 1.29 is 4.79 Å². The number of pyridine rings is 2. The summed E-state index contributed by atoms with van der Waals surface area (Å²) in [6.45, 7) is 1.85. The summed E-state index contributed by atoms with van der Waals surface area (Å²) in [6.07, 6.45) is 2.79. The molecular weight excluding hydrogens is 380 g/mol. The maximum Gasteiger partial charge on any atom is 0.251 e. The van der Waals surface area contributed by atoms with Gasteiger partial charge in [-0.3, -0.25) is 18.6 Å². The second kappa shape index (κ2) is 7.37. The molecule has 2 aliphatic rings. The fourth-order valence-electron chi connectivity index (χ4n) is 4.41. The minimum atomic E-state index is -0.503. The van der Waals surface area contributed by atoms with E-state index < -0.39 is 6.04 Å². The normalized spacial score (nSPS) is 22.9. The molecule has 0 spiro atoms. The first kappa shape index (κ1) is 18.6. The van der Waals surface area contributed by atoms with E-state index >= 15 is 0 Å². The van der Waals surface area contributed by atoms with Crippen molar-refractivity contribution in [2.45, 2.75) is 24.9 Å². The van der Waals surface area contributed by atoms with Gasteiger partial charge in [0.15, 0.2) is 11.5 Å². The molecule has 0 saturated carbocycles. The van der Waals surface area contributed by atoms with Gasteiger partial charge < -0.3 is 10.6 Å². The molecule has 0 aromatic carbocycles. The zero-order valence-electron chi connectivity index (χ0n) is 15.1. The number of amides is 1. The lowest BCUT2D eigenvalue weighted by Crippen LogP contribution is -2.52. The van der Waals surface area contributed by atoms with Gasteiger partial charge in [0.05, 0.1) is 6.54 Å². The smallest absolute Gasteiger partial charge is 0.251 e. The minimum Gasteiger partial charge on any atom is -0.347 e. The molecule has 0 aliphatic carbocycles. The maximum absolute atomic E-state index is 13.1. The minimum absolute atomic E-state index is 0. The molecule has 2 aliphatic heterocycles. The average molecular weight is 401 g/mol. The highest BCUT2D eigenvalue weighted by Gasteiger charge is 2.41. The van der Waals surface area contributed by atoms with Crippen LogP contribution in [0.25, 0.3) is 5.65 Å². The van der Waals surface area contributed by atoms with Gasteiger partial charge >= 0.3 is 0 Å². The summed E-state index contributed by atoms with van der Waals surface area (Å²) < 4.78 is 3.54. The average Bonchev–Trinajstić information content (AvgIpc) is 3.11. The SMILES string of the molecule is Cl.O=C(NCc1nnc2ccccn12)[C@H]1[C@@H]2CNC[C@@H](C2)c2cccc(=O)n21. The summed E-state index contributed by atoms with van der Waals surface area (Å²) in [5.41, 5.74) is 1.57. The molecule has 0 unspecified atom stereocenters. The highest BCUT2D eigenvalue weighted by molar-refractivity contribution is 5.85. The molecule has 3 aromatic rings. The molecule has 3 atom stereocenters. The fraction of sp³-hybridized carbons (Fsp3) is 0.368. The van der Waals surface area contributed by atoms with Gasteiger partial charge in [-0.15, -0.1) is 22.6 Å². The van der Waals surface area contributed by atoms with Gasteiger partial charge in [0.25, 0.3) is 5.56 Å². The number of nitrogens with one attached hydrogen (secondary N) is 2. The number of hydrogen-bond acceptors (Lipinski definition) is 5. The van der Waals surface area contributed by atoms with Crippen LogP contribution in [0, 0.1) is 5.92 Å². The molecular formula is C19H21ClN6O2. The van der Waals surface area contributed by atoms with Crippen molar-refractivity contribution in [1.82, 2.24) is 29.8 Å². The topological polar surface area (TPSA) is 93.3 Å². The first-order valence-electron chi connectivity index (χ1n) is 9.21. The van der Waals surface area contributed by atoms with E-state index in [1.54, 1.807) is 10.6 Å². The third-order valence-electron chi connectivity index (χ3n) is 5.62. The van der Waals surface area contributed by atoms with Crippen LogP contribution in [0.4, 0.5) is 0 Å². The Hall–Kier alpha value is -2.71. The number of fused-ring (bicyclic) bond motifs is 5. The van der Waals surface area contributed by atoms with E-state index in [9.17, 15) is 9.59 Å². The quantitative estimate of drug-likeness (QED) is 0.680. The molecule has 2 bridgehead atoms. The van der Waals surface area contributed by atoms with Crippen molar-refractivity contribution in [2.24, 2.45) is 5.92 Å². The van der Waals surface area contributed by atoms with Gasteiger partial charge in [-0.1, -0.05) is 12.1 Å². The largest absolute Gasteiger partial charge is 0.347 e. The number of nitrogens with zero attached hydrogens (tertiary/aromatic N) is 4. The van der Waals surface area contributed by atoms with Crippen LogP contribution in [0.5, 0.6) is 0 Å². The highest BCUT2D eigenvalue weighted by atomic mass is 35.5. The Morgan fingerprint density at radius 2 is 2.07 bits per heavy atom. The zero-order chi connectivity index (χ0) is 18.4.